The lowest BCUT2D eigenvalue weighted by molar-refractivity contribution is -0.134. The number of carbonyl (C=O) groups is 1. The van der Waals surface area contributed by atoms with Gasteiger partial charge in [0.05, 0.1) is 0 Å². The van der Waals surface area contributed by atoms with Crippen LogP contribution in [0.1, 0.15) is 43.4 Å². The molecule has 3 fully saturated rings. The summed E-state index contributed by atoms with van der Waals surface area (Å²) in [6.45, 7) is 5.13. The molecule has 4 rings (SSSR count). The number of piperidine rings is 2. The summed E-state index contributed by atoms with van der Waals surface area (Å²) in [4.78, 5) is 22.7. The summed E-state index contributed by atoms with van der Waals surface area (Å²) in [5.41, 5.74) is 6.04. The van der Waals surface area contributed by atoms with Gasteiger partial charge in [-0.1, -0.05) is 0 Å². The molecule has 1 spiro atoms. The number of anilines is 1. The van der Waals surface area contributed by atoms with Crippen LogP contribution in [0.3, 0.4) is 0 Å². The maximum absolute atomic E-state index is 12.7. The van der Waals surface area contributed by atoms with Gasteiger partial charge in [0.15, 0.2) is 5.13 Å². The van der Waals surface area contributed by atoms with Crippen LogP contribution in [0.25, 0.3) is 0 Å². The zero-order valence-corrected chi connectivity index (χ0v) is 14.5. The SMILES string of the molecule is Nc1ncc(CN2CCC3(CC2)CC3C(=O)N2CCCCC2)s1. The molecule has 3 aliphatic rings. The second-order valence-corrected chi connectivity index (χ2v) is 8.59. The lowest BCUT2D eigenvalue weighted by atomic mass is 9.90. The van der Waals surface area contributed by atoms with Crippen molar-refractivity contribution in [2.45, 2.75) is 45.1 Å². The van der Waals surface area contributed by atoms with Gasteiger partial charge in [-0.3, -0.25) is 9.69 Å². The van der Waals surface area contributed by atoms with E-state index in [1.165, 1.54) is 37.0 Å². The Morgan fingerprint density at radius 2 is 2.00 bits per heavy atom. The average Bonchev–Trinajstić information content (AvgIpc) is 3.13. The summed E-state index contributed by atoms with van der Waals surface area (Å²) < 4.78 is 0. The number of rotatable bonds is 3. The van der Waals surface area contributed by atoms with Crippen LogP contribution in [-0.4, -0.2) is 46.9 Å². The van der Waals surface area contributed by atoms with E-state index in [1.54, 1.807) is 11.3 Å². The Balaban J connectivity index is 1.29. The third-order valence-electron chi connectivity index (χ3n) is 5.96. The molecule has 6 heteroatoms. The van der Waals surface area contributed by atoms with Crippen molar-refractivity contribution in [1.82, 2.24) is 14.8 Å². The van der Waals surface area contributed by atoms with Crippen LogP contribution >= 0.6 is 11.3 Å². The molecule has 0 aromatic carbocycles. The predicted octanol–water partition coefficient (Wildman–Crippen LogP) is 2.34. The van der Waals surface area contributed by atoms with Gasteiger partial charge < -0.3 is 10.6 Å². The van der Waals surface area contributed by atoms with Crippen molar-refractivity contribution >= 4 is 22.4 Å². The Labute approximate surface area is 141 Å². The second kappa shape index (κ2) is 6.06. The van der Waals surface area contributed by atoms with Gasteiger partial charge in [-0.2, -0.15) is 0 Å². The number of hydrogen-bond donors (Lipinski definition) is 1. The van der Waals surface area contributed by atoms with E-state index in [0.29, 0.717) is 22.4 Å². The number of hydrogen-bond acceptors (Lipinski definition) is 5. The molecule has 126 valence electrons. The smallest absolute Gasteiger partial charge is 0.226 e. The highest BCUT2D eigenvalue weighted by Crippen LogP contribution is 2.60. The lowest BCUT2D eigenvalue weighted by Crippen LogP contribution is -2.40. The minimum Gasteiger partial charge on any atom is -0.375 e. The van der Waals surface area contributed by atoms with Gasteiger partial charge in [0.1, 0.15) is 0 Å². The van der Waals surface area contributed by atoms with E-state index in [9.17, 15) is 4.79 Å². The van der Waals surface area contributed by atoms with Crippen molar-refractivity contribution in [3.05, 3.63) is 11.1 Å². The van der Waals surface area contributed by atoms with Gasteiger partial charge in [0.25, 0.3) is 0 Å². The van der Waals surface area contributed by atoms with Crippen molar-refractivity contribution in [2.75, 3.05) is 31.9 Å². The fourth-order valence-corrected chi connectivity index (χ4v) is 5.08. The van der Waals surface area contributed by atoms with Crippen molar-refractivity contribution in [2.24, 2.45) is 11.3 Å². The molecular formula is C17H26N4OS. The van der Waals surface area contributed by atoms with E-state index in [2.05, 4.69) is 14.8 Å². The van der Waals surface area contributed by atoms with Crippen molar-refractivity contribution < 1.29 is 4.79 Å². The monoisotopic (exact) mass is 334 g/mol. The largest absolute Gasteiger partial charge is 0.375 e. The Hall–Kier alpha value is -1.14. The number of carbonyl (C=O) groups excluding carboxylic acids is 1. The third kappa shape index (κ3) is 3.11. The van der Waals surface area contributed by atoms with Crippen LogP contribution < -0.4 is 5.73 Å². The van der Waals surface area contributed by atoms with Gasteiger partial charge >= 0.3 is 0 Å². The summed E-state index contributed by atoms with van der Waals surface area (Å²) in [5.74, 6) is 0.773. The minimum absolute atomic E-state index is 0.321. The molecule has 1 atom stereocenters. The van der Waals surface area contributed by atoms with E-state index >= 15 is 0 Å². The molecule has 1 unspecified atom stereocenters. The maximum Gasteiger partial charge on any atom is 0.226 e. The number of nitrogens with two attached hydrogens (primary N) is 1. The highest BCUT2D eigenvalue weighted by Gasteiger charge is 2.59. The molecule has 23 heavy (non-hydrogen) atoms. The fourth-order valence-electron chi connectivity index (χ4n) is 4.36. The van der Waals surface area contributed by atoms with Crippen LogP contribution in [-0.2, 0) is 11.3 Å². The summed E-state index contributed by atoms with van der Waals surface area (Å²) in [7, 11) is 0. The molecule has 2 N–H and O–H groups in total. The second-order valence-electron chi connectivity index (χ2n) is 7.45. The first-order valence-electron chi connectivity index (χ1n) is 8.88. The normalized spacial score (nSPS) is 27.3. The number of nitrogen functional groups attached to an aromatic ring is 1. The van der Waals surface area contributed by atoms with Crippen LogP contribution in [0.2, 0.25) is 0 Å². The van der Waals surface area contributed by atoms with Gasteiger partial charge in [0.2, 0.25) is 5.91 Å². The van der Waals surface area contributed by atoms with Crippen LogP contribution in [0.5, 0.6) is 0 Å². The van der Waals surface area contributed by atoms with E-state index in [0.717, 1.165) is 39.1 Å². The molecule has 1 aliphatic carbocycles. The lowest BCUT2D eigenvalue weighted by Gasteiger charge is -2.33. The first-order valence-corrected chi connectivity index (χ1v) is 9.69. The van der Waals surface area contributed by atoms with E-state index in [-0.39, 0.29) is 0 Å². The number of thiazole rings is 1. The van der Waals surface area contributed by atoms with Gasteiger partial charge in [0, 0.05) is 36.6 Å². The van der Waals surface area contributed by atoms with Gasteiger partial charge in [-0.25, -0.2) is 4.98 Å². The van der Waals surface area contributed by atoms with Crippen LogP contribution in [0.4, 0.5) is 5.13 Å². The topological polar surface area (TPSA) is 62.5 Å². The standard InChI is InChI=1S/C17H26N4OS/c18-16-19-11-13(23-16)12-20-8-4-17(5-9-20)10-14(17)15(22)21-6-2-1-3-7-21/h11,14H,1-10,12H2,(H2,18,19). The molecule has 0 radical (unpaired) electrons. The van der Waals surface area contributed by atoms with Crippen LogP contribution in [0, 0.1) is 11.3 Å². The van der Waals surface area contributed by atoms with E-state index in [4.69, 9.17) is 5.73 Å². The highest BCUT2D eigenvalue weighted by atomic mass is 32.1. The van der Waals surface area contributed by atoms with Gasteiger partial charge in [-0.05, 0) is 57.0 Å². The molecular weight excluding hydrogens is 308 g/mol. The Morgan fingerprint density at radius 3 is 2.65 bits per heavy atom. The van der Waals surface area contributed by atoms with E-state index in [1.807, 2.05) is 6.20 Å². The first-order chi connectivity index (χ1) is 11.2. The molecule has 5 nitrogen and oxygen atoms in total. The average molecular weight is 334 g/mol. The first kappa shape index (κ1) is 15.4. The van der Waals surface area contributed by atoms with E-state index < -0.39 is 0 Å². The zero-order chi connectivity index (χ0) is 15.9. The molecule has 0 bridgehead atoms. The Kier molecular flexibility index (Phi) is 4.05. The molecule has 2 saturated heterocycles. The molecule has 1 saturated carbocycles. The molecule has 2 aliphatic heterocycles. The summed E-state index contributed by atoms with van der Waals surface area (Å²) in [6, 6.07) is 0. The summed E-state index contributed by atoms with van der Waals surface area (Å²) in [6.07, 6.45) is 9.04. The minimum atomic E-state index is 0.321. The zero-order valence-electron chi connectivity index (χ0n) is 13.7. The Morgan fingerprint density at radius 1 is 1.26 bits per heavy atom. The number of likely N-dealkylation sites (tertiary alicyclic amines) is 2. The quantitative estimate of drug-likeness (QED) is 0.921. The molecule has 3 heterocycles. The number of amides is 1. The predicted molar refractivity (Wildman–Crippen MR) is 92.0 cm³/mol. The van der Waals surface area contributed by atoms with Crippen molar-refractivity contribution in [1.29, 1.82) is 0 Å². The summed E-state index contributed by atoms with van der Waals surface area (Å²) in [5, 5.41) is 0.655. The van der Waals surface area contributed by atoms with Gasteiger partial charge in [-0.15, -0.1) is 11.3 Å². The van der Waals surface area contributed by atoms with Crippen LogP contribution in [0.15, 0.2) is 6.20 Å². The molecule has 1 aromatic heterocycles. The van der Waals surface area contributed by atoms with Crippen molar-refractivity contribution in [3.63, 3.8) is 0 Å². The summed E-state index contributed by atoms with van der Waals surface area (Å²) >= 11 is 1.59. The fraction of sp³-hybridized carbons (Fsp3) is 0.765. The third-order valence-corrected chi connectivity index (χ3v) is 6.77. The maximum atomic E-state index is 12.7. The Bertz CT molecular complexity index is 573. The number of aromatic nitrogens is 1. The highest BCUT2D eigenvalue weighted by molar-refractivity contribution is 7.15. The molecule has 1 amide bonds. The molecule has 1 aromatic rings. The van der Waals surface area contributed by atoms with Crippen molar-refractivity contribution in [3.8, 4) is 0 Å². The number of nitrogens with zero attached hydrogens (tertiary/aromatic N) is 3.